The summed E-state index contributed by atoms with van der Waals surface area (Å²) in [6.07, 6.45) is 0. The minimum absolute atomic E-state index is 0. The molecule has 0 atom stereocenters. The number of hydrogen-bond donors (Lipinski definition) is 0. The molecule has 0 aromatic heterocycles. The molecule has 2 aromatic rings. The molecule has 0 N–H and O–H groups in total. The van der Waals surface area contributed by atoms with Crippen molar-refractivity contribution in [1.29, 1.82) is 0 Å². The van der Waals surface area contributed by atoms with E-state index in [0.29, 0.717) is 5.92 Å². The normalized spacial score (nSPS) is 10.6. The van der Waals surface area contributed by atoms with Crippen molar-refractivity contribution in [3.05, 3.63) is 40.4 Å². The maximum Gasteiger partial charge on any atom is 0 e. The van der Waals surface area contributed by atoms with Gasteiger partial charge >= 0.3 is 0 Å². The molecule has 0 bridgehead atoms. The Labute approximate surface area is 112 Å². The van der Waals surface area contributed by atoms with Crippen LogP contribution in [-0.2, 0) is 26.2 Å². The van der Waals surface area contributed by atoms with Crippen LogP contribution in [0.1, 0.15) is 25.3 Å². The molecule has 0 nitrogen and oxygen atoms in total. The smallest absolute Gasteiger partial charge is 0 e. The summed E-state index contributed by atoms with van der Waals surface area (Å²) in [7, 11) is 0. The average molecular weight is 327 g/mol. The molecular weight excluding hydrogens is 315 g/mol. The Morgan fingerprint density at radius 1 is 1.29 bits per heavy atom. The average Bonchev–Trinajstić information content (AvgIpc) is 2.49. The molecular formula is C12H12BrZr-. The summed E-state index contributed by atoms with van der Waals surface area (Å²) in [5, 5.41) is 2.66. The third kappa shape index (κ3) is 2.23. The van der Waals surface area contributed by atoms with Crippen molar-refractivity contribution in [3.63, 3.8) is 0 Å². The molecule has 72 valence electrons. The first-order valence-corrected chi connectivity index (χ1v) is 5.32. The predicted octanol–water partition coefficient (Wildman–Crippen LogP) is 4.44. The van der Waals surface area contributed by atoms with E-state index in [4.69, 9.17) is 0 Å². The molecule has 0 aliphatic carbocycles. The molecule has 0 spiro atoms. The summed E-state index contributed by atoms with van der Waals surface area (Å²) in [5.74, 6) is 0.610. The third-order valence-corrected chi connectivity index (χ3v) is 3.08. The SMILES string of the molecule is CC(C)c1cc2c(Br)cccc2[cH-]1.[Zr]. The fourth-order valence-electron chi connectivity index (χ4n) is 1.55. The van der Waals surface area contributed by atoms with E-state index in [1.54, 1.807) is 0 Å². The molecule has 14 heavy (non-hydrogen) atoms. The topological polar surface area (TPSA) is 0 Å². The summed E-state index contributed by atoms with van der Waals surface area (Å²) in [5.41, 5.74) is 1.42. The van der Waals surface area contributed by atoms with Gasteiger partial charge in [-0.1, -0.05) is 35.8 Å². The monoisotopic (exact) mass is 325 g/mol. The van der Waals surface area contributed by atoms with E-state index in [9.17, 15) is 0 Å². The van der Waals surface area contributed by atoms with Crippen molar-refractivity contribution in [3.8, 4) is 0 Å². The number of rotatable bonds is 1. The second-order valence-electron chi connectivity index (χ2n) is 3.69. The van der Waals surface area contributed by atoms with Gasteiger partial charge < -0.3 is 0 Å². The minimum Gasteiger partial charge on any atom is -0.164 e. The maximum absolute atomic E-state index is 3.56. The van der Waals surface area contributed by atoms with Gasteiger partial charge in [0.05, 0.1) is 0 Å². The first kappa shape index (κ1) is 12.3. The van der Waals surface area contributed by atoms with Gasteiger partial charge in [0.1, 0.15) is 0 Å². The van der Waals surface area contributed by atoms with Crippen LogP contribution < -0.4 is 0 Å². The molecule has 0 aliphatic rings. The first-order chi connectivity index (χ1) is 6.18. The van der Waals surface area contributed by atoms with E-state index in [0.717, 1.165) is 0 Å². The number of hydrogen-bond acceptors (Lipinski definition) is 0. The van der Waals surface area contributed by atoms with Crippen LogP contribution in [0.3, 0.4) is 0 Å². The van der Waals surface area contributed by atoms with Crippen molar-refractivity contribution in [2.24, 2.45) is 0 Å². The molecule has 0 unspecified atom stereocenters. The fourth-order valence-corrected chi connectivity index (χ4v) is 2.05. The first-order valence-electron chi connectivity index (χ1n) is 4.53. The maximum atomic E-state index is 3.56. The molecule has 2 rings (SSSR count). The second-order valence-corrected chi connectivity index (χ2v) is 4.54. The van der Waals surface area contributed by atoms with Crippen LogP contribution in [0.5, 0.6) is 0 Å². The van der Waals surface area contributed by atoms with Crippen molar-refractivity contribution in [2.45, 2.75) is 19.8 Å². The molecule has 0 amide bonds. The Hall–Kier alpha value is 0.193. The molecule has 0 heterocycles. The summed E-state index contributed by atoms with van der Waals surface area (Å²) < 4.78 is 1.19. The Balaban J connectivity index is 0.000000980. The van der Waals surface area contributed by atoms with Gasteiger partial charge in [-0.3, -0.25) is 0 Å². The van der Waals surface area contributed by atoms with Crippen molar-refractivity contribution in [2.75, 3.05) is 0 Å². The standard InChI is InChI=1S/C12H12Br.Zr/c1-8(2)10-6-9-4-3-5-12(13)11(9)7-10;/h3-8H,1-2H3;/q-1;. The van der Waals surface area contributed by atoms with Gasteiger partial charge in [-0.05, 0) is 10.4 Å². The Kier molecular flexibility index (Phi) is 4.21. The summed E-state index contributed by atoms with van der Waals surface area (Å²) in [6, 6.07) is 10.9. The predicted molar refractivity (Wildman–Crippen MR) is 61.3 cm³/mol. The number of benzene rings is 1. The fraction of sp³-hybridized carbons (Fsp3) is 0.250. The largest absolute Gasteiger partial charge is 0.164 e. The van der Waals surface area contributed by atoms with Gasteiger partial charge in [-0.15, -0.1) is 34.5 Å². The van der Waals surface area contributed by atoms with Crippen LogP contribution in [0.2, 0.25) is 0 Å². The molecule has 0 radical (unpaired) electrons. The Bertz CT molecular complexity index is 429. The molecule has 2 aromatic carbocycles. The van der Waals surface area contributed by atoms with E-state index < -0.39 is 0 Å². The zero-order valence-electron chi connectivity index (χ0n) is 8.34. The minimum atomic E-state index is 0. The third-order valence-electron chi connectivity index (χ3n) is 2.39. The van der Waals surface area contributed by atoms with Crippen molar-refractivity contribution < 1.29 is 26.2 Å². The number of fused-ring (bicyclic) bond motifs is 1. The van der Waals surface area contributed by atoms with E-state index in [1.165, 1.54) is 20.8 Å². The van der Waals surface area contributed by atoms with Crippen LogP contribution in [0, 0.1) is 0 Å². The summed E-state index contributed by atoms with van der Waals surface area (Å²) in [6.45, 7) is 4.45. The molecule has 0 aliphatic heterocycles. The quantitative estimate of drug-likeness (QED) is 0.679. The van der Waals surface area contributed by atoms with Crippen LogP contribution >= 0.6 is 15.9 Å². The Morgan fingerprint density at radius 2 is 2.00 bits per heavy atom. The number of halogens is 1. The van der Waals surface area contributed by atoms with Crippen molar-refractivity contribution in [1.82, 2.24) is 0 Å². The van der Waals surface area contributed by atoms with E-state index in [-0.39, 0.29) is 26.2 Å². The van der Waals surface area contributed by atoms with Crippen molar-refractivity contribution >= 4 is 26.7 Å². The summed E-state index contributed by atoms with van der Waals surface area (Å²) in [4.78, 5) is 0. The van der Waals surface area contributed by atoms with Crippen LogP contribution in [0.4, 0.5) is 0 Å². The van der Waals surface area contributed by atoms with Gasteiger partial charge in [0, 0.05) is 26.2 Å². The second kappa shape index (κ2) is 4.81. The van der Waals surface area contributed by atoms with E-state index in [2.05, 4.69) is 60.1 Å². The Morgan fingerprint density at radius 3 is 2.57 bits per heavy atom. The van der Waals surface area contributed by atoms with E-state index in [1.807, 2.05) is 0 Å². The summed E-state index contributed by atoms with van der Waals surface area (Å²) >= 11 is 3.56. The van der Waals surface area contributed by atoms with Crippen LogP contribution in [-0.4, -0.2) is 0 Å². The van der Waals surface area contributed by atoms with Gasteiger partial charge in [0.15, 0.2) is 0 Å². The molecule has 2 heteroatoms. The van der Waals surface area contributed by atoms with E-state index >= 15 is 0 Å². The molecule has 0 fully saturated rings. The zero-order valence-corrected chi connectivity index (χ0v) is 12.4. The molecule has 0 saturated carbocycles. The van der Waals surface area contributed by atoms with Gasteiger partial charge in [-0.25, -0.2) is 0 Å². The zero-order chi connectivity index (χ0) is 9.42. The van der Waals surface area contributed by atoms with Gasteiger partial charge in [0.25, 0.3) is 0 Å². The van der Waals surface area contributed by atoms with Crippen LogP contribution in [0.25, 0.3) is 10.8 Å². The van der Waals surface area contributed by atoms with Gasteiger partial charge in [-0.2, -0.15) is 6.07 Å². The van der Waals surface area contributed by atoms with Crippen LogP contribution in [0.15, 0.2) is 34.8 Å². The van der Waals surface area contributed by atoms with Gasteiger partial charge in [0.2, 0.25) is 0 Å². The molecule has 0 saturated heterocycles.